The normalized spacial score (nSPS) is 16.0. The molecule has 1 heterocycles. The summed E-state index contributed by atoms with van der Waals surface area (Å²) in [6.45, 7) is 1.39. The van der Waals surface area contributed by atoms with Gasteiger partial charge in [0.25, 0.3) is 11.2 Å². The van der Waals surface area contributed by atoms with Crippen molar-refractivity contribution in [2.45, 2.75) is 31.8 Å². The second-order valence-electron chi connectivity index (χ2n) is 6.27. The molecule has 1 fully saturated rings. The molecule has 1 aromatic heterocycles. The van der Waals surface area contributed by atoms with Crippen LogP contribution in [0.1, 0.15) is 19.8 Å². The van der Waals surface area contributed by atoms with E-state index in [1.807, 2.05) is 0 Å². The summed E-state index contributed by atoms with van der Waals surface area (Å²) < 4.78 is 1.12. The topological polar surface area (TPSA) is 131 Å². The number of carbonyl (C=O) groups excluding carboxylic acids is 1. The van der Waals surface area contributed by atoms with Gasteiger partial charge >= 0.3 is 0 Å². The van der Waals surface area contributed by atoms with Gasteiger partial charge in [-0.15, -0.1) is 0 Å². The number of nitriles is 1. The van der Waals surface area contributed by atoms with Gasteiger partial charge in [0.1, 0.15) is 12.1 Å². The number of rotatable bonds is 5. The average Bonchev–Trinajstić information content (AvgIpc) is 3.42. The summed E-state index contributed by atoms with van der Waals surface area (Å²) >= 11 is 0. The predicted molar refractivity (Wildman–Crippen MR) is 87.5 cm³/mol. The third-order valence-corrected chi connectivity index (χ3v) is 4.36. The Hall–Kier alpha value is -3.28. The van der Waals surface area contributed by atoms with Crippen LogP contribution in [0.5, 0.6) is 0 Å². The van der Waals surface area contributed by atoms with E-state index in [2.05, 4.69) is 16.4 Å². The van der Waals surface area contributed by atoms with E-state index in [4.69, 9.17) is 0 Å². The molecule has 1 N–H and O–H groups in total. The first-order chi connectivity index (χ1) is 11.8. The van der Waals surface area contributed by atoms with E-state index in [-0.39, 0.29) is 29.1 Å². The Morgan fingerprint density at radius 2 is 2.28 bits per heavy atom. The van der Waals surface area contributed by atoms with E-state index in [1.54, 1.807) is 6.92 Å². The van der Waals surface area contributed by atoms with Crippen LogP contribution in [0.3, 0.4) is 0 Å². The number of nitrogens with one attached hydrogen (secondary N) is 1. The van der Waals surface area contributed by atoms with Gasteiger partial charge in [0.15, 0.2) is 0 Å². The van der Waals surface area contributed by atoms with E-state index < -0.39 is 21.9 Å². The van der Waals surface area contributed by atoms with Gasteiger partial charge in [0, 0.05) is 12.1 Å². The van der Waals surface area contributed by atoms with Gasteiger partial charge in [-0.3, -0.25) is 24.3 Å². The van der Waals surface area contributed by atoms with Gasteiger partial charge in [0.2, 0.25) is 5.91 Å². The maximum atomic E-state index is 12.4. The number of nitro groups is 1. The lowest BCUT2D eigenvalue weighted by atomic mass is 9.98. The molecular formula is C16H15N5O4. The van der Waals surface area contributed by atoms with Crippen molar-refractivity contribution in [1.82, 2.24) is 14.9 Å². The van der Waals surface area contributed by atoms with Crippen molar-refractivity contribution in [1.29, 1.82) is 5.26 Å². The molecule has 1 aromatic carbocycles. The summed E-state index contributed by atoms with van der Waals surface area (Å²) in [5.41, 5.74) is -1.38. The second-order valence-corrected chi connectivity index (χ2v) is 6.27. The first-order valence-corrected chi connectivity index (χ1v) is 7.70. The highest BCUT2D eigenvalue weighted by molar-refractivity contribution is 5.81. The molecule has 1 amide bonds. The first kappa shape index (κ1) is 16.6. The predicted octanol–water partition coefficient (Wildman–Crippen LogP) is 1.11. The van der Waals surface area contributed by atoms with E-state index in [9.17, 15) is 25.0 Å². The number of hydrogen-bond acceptors (Lipinski definition) is 6. The van der Waals surface area contributed by atoms with Crippen LogP contribution < -0.4 is 10.9 Å². The number of aromatic nitrogens is 2. The van der Waals surface area contributed by atoms with Crippen LogP contribution >= 0.6 is 0 Å². The zero-order chi connectivity index (χ0) is 18.2. The lowest BCUT2D eigenvalue weighted by Crippen LogP contribution is -2.48. The van der Waals surface area contributed by atoms with Gasteiger partial charge < -0.3 is 5.32 Å². The molecule has 0 saturated heterocycles. The van der Waals surface area contributed by atoms with Crippen LogP contribution in [-0.2, 0) is 11.3 Å². The second kappa shape index (κ2) is 5.98. The molecule has 9 nitrogen and oxygen atoms in total. The van der Waals surface area contributed by atoms with Crippen LogP contribution in [0, 0.1) is 27.4 Å². The number of nitro benzene ring substituents is 1. The number of non-ortho nitro benzene ring substituents is 1. The Morgan fingerprint density at radius 3 is 2.88 bits per heavy atom. The Bertz CT molecular complexity index is 973. The number of hydrogen-bond donors (Lipinski definition) is 1. The zero-order valence-electron chi connectivity index (χ0n) is 13.4. The number of fused-ring (bicyclic) bond motifs is 1. The van der Waals surface area contributed by atoms with E-state index in [1.165, 1.54) is 24.5 Å². The maximum Gasteiger partial charge on any atom is 0.271 e. The monoisotopic (exact) mass is 341 g/mol. The van der Waals surface area contributed by atoms with Gasteiger partial charge in [-0.05, 0) is 31.7 Å². The lowest BCUT2D eigenvalue weighted by Gasteiger charge is -2.23. The average molecular weight is 341 g/mol. The summed E-state index contributed by atoms with van der Waals surface area (Å²) in [5, 5.41) is 22.9. The van der Waals surface area contributed by atoms with Crippen molar-refractivity contribution in [3.8, 4) is 6.07 Å². The van der Waals surface area contributed by atoms with Gasteiger partial charge in [0.05, 0.1) is 28.2 Å². The maximum absolute atomic E-state index is 12.4. The number of carbonyl (C=O) groups is 1. The smallest absolute Gasteiger partial charge is 0.271 e. The van der Waals surface area contributed by atoms with Crippen LogP contribution in [0.4, 0.5) is 5.69 Å². The molecule has 1 aliphatic carbocycles. The molecule has 0 bridgehead atoms. The molecule has 1 aliphatic rings. The fraction of sp³-hybridized carbons (Fsp3) is 0.375. The molecule has 9 heteroatoms. The Balaban J connectivity index is 1.84. The minimum Gasteiger partial charge on any atom is -0.336 e. The van der Waals surface area contributed by atoms with E-state index >= 15 is 0 Å². The summed E-state index contributed by atoms with van der Waals surface area (Å²) in [5.74, 6) is -0.324. The molecule has 0 aliphatic heterocycles. The number of benzene rings is 1. The zero-order valence-corrected chi connectivity index (χ0v) is 13.4. The fourth-order valence-corrected chi connectivity index (χ4v) is 2.74. The highest BCUT2D eigenvalue weighted by Crippen LogP contribution is 2.39. The van der Waals surface area contributed by atoms with Crippen molar-refractivity contribution < 1.29 is 9.72 Å². The third-order valence-electron chi connectivity index (χ3n) is 4.36. The molecule has 25 heavy (non-hydrogen) atoms. The van der Waals surface area contributed by atoms with Crippen molar-refractivity contribution in [3.63, 3.8) is 0 Å². The van der Waals surface area contributed by atoms with Crippen molar-refractivity contribution in [3.05, 3.63) is 45.0 Å². The van der Waals surface area contributed by atoms with Crippen molar-refractivity contribution >= 4 is 22.5 Å². The molecule has 1 saturated carbocycles. The largest absolute Gasteiger partial charge is 0.336 e. The minimum absolute atomic E-state index is 0.133. The van der Waals surface area contributed by atoms with Crippen LogP contribution in [-0.4, -0.2) is 25.9 Å². The highest BCUT2D eigenvalue weighted by Gasteiger charge is 2.43. The molecule has 0 spiro atoms. The van der Waals surface area contributed by atoms with Gasteiger partial charge in [-0.2, -0.15) is 5.26 Å². The summed E-state index contributed by atoms with van der Waals surface area (Å²) in [6.07, 6.45) is 2.95. The number of amides is 1. The molecule has 1 atom stereocenters. The Labute approximate surface area is 142 Å². The van der Waals surface area contributed by atoms with E-state index in [0.717, 1.165) is 17.4 Å². The first-order valence-electron chi connectivity index (χ1n) is 7.70. The molecule has 128 valence electrons. The van der Waals surface area contributed by atoms with E-state index in [0.29, 0.717) is 0 Å². The van der Waals surface area contributed by atoms with Gasteiger partial charge in [-0.25, -0.2) is 4.98 Å². The van der Waals surface area contributed by atoms with Crippen LogP contribution in [0.25, 0.3) is 10.9 Å². The van der Waals surface area contributed by atoms with Gasteiger partial charge in [-0.1, -0.05) is 0 Å². The number of nitrogens with zero attached hydrogens (tertiary/aromatic N) is 4. The third kappa shape index (κ3) is 3.19. The van der Waals surface area contributed by atoms with Crippen LogP contribution in [0.2, 0.25) is 0 Å². The standard InChI is InChI=1S/C16H15N5O4/c1-16(8-17,10-2-3-10)19-14(22)7-20-9-18-13-6-11(21(24)25)4-5-12(13)15(20)23/h4-6,9-10H,2-3,7H2,1H3,(H,19,22). The SMILES string of the molecule is CC(C#N)(NC(=O)Cn1cnc2cc([N+](=O)[O-])ccc2c1=O)C1CC1. The molecular weight excluding hydrogens is 326 g/mol. The molecule has 2 aromatic rings. The lowest BCUT2D eigenvalue weighted by molar-refractivity contribution is -0.384. The minimum atomic E-state index is -0.939. The Kier molecular flexibility index (Phi) is 3.96. The fourth-order valence-electron chi connectivity index (χ4n) is 2.74. The highest BCUT2D eigenvalue weighted by atomic mass is 16.6. The molecule has 1 unspecified atom stereocenters. The quantitative estimate of drug-likeness (QED) is 0.640. The Morgan fingerprint density at radius 1 is 1.56 bits per heavy atom. The molecule has 3 rings (SSSR count). The van der Waals surface area contributed by atoms with Crippen LogP contribution in [0.15, 0.2) is 29.3 Å². The molecule has 0 radical (unpaired) electrons. The summed E-state index contributed by atoms with van der Waals surface area (Å²) in [4.78, 5) is 38.9. The summed E-state index contributed by atoms with van der Waals surface area (Å²) in [7, 11) is 0. The van der Waals surface area contributed by atoms with Crippen molar-refractivity contribution in [2.75, 3.05) is 0 Å². The summed E-state index contributed by atoms with van der Waals surface area (Å²) in [6, 6.07) is 5.87. The van der Waals surface area contributed by atoms with Crippen molar-refractivity contribution in [2.24, 2.45) is 5.92 Å².